The van der Waals surface area contributed by atoms with Gasteiger partial charge in [-0.1, -0.05) is 6.07 Å². The van der Waals surface area contributed by atoms with Gasteiger partial charge in [-0.15, -0.1) is 0 Å². The lowest BCUT2D eigenvalue weighted by Gasteiger charge is -2.42. The highest BCUT2D eigenvalue weighted by Gasteiger charge is 2.32. The molecule has 2 fully saturated rings. The van der Waals surface area contributed by atoms with Gasteiger partial charge in [0, 0.05) is 50.0 Å². The Bertz CT molecular complexity index is 730. The van der Waals surface area contributed by atoms with Crippen molar-refractivity contribution in [3.05, 3.63) is 23.8 Å². The summed E-state index contributed by atoms with van der Waals surface area (Å²) in [7, 11) is 0. The largest absolute Gasteiger partial charge is 0.490 e. The molecule has 0 radical (unpaired) electrons. The van der Waals surface area contributed by atoms with E-state index in [9.17, 15) is 4.79 Å². The van der Waals surface area contributed by atoms with Crippen molar-refractivity contribution in [1.82, 2.24) is 9.80 Å². The van der Waals surface area contributed by atoms with Crippen LogP contribution in [0.1, 0.15) is 58.4 Å². The number of likely N-dealkylation sites (tertiary alicyclic amines) is 2. The summed E-state index contributed by atoms with van der Waals surface area (Å²) in [5.74, 6) is 1.07. The molecular formula is C24H37N3O3. The molecule has 30 heavy (non-hydrogen) atoms. The van der Waals surface area contributed by atoms with Gasteiger partial charge in [0.2, 0.25) is 0 Å². The second kappa shape index (κ2) is 9.04. The maximum Gasteiger partial charge on any atom is 0.410 e. The molecule has 1 N–H and O–H groups in total. The highest BCUT2D eigenvalue weighted by Crippen LogP contribution is 2.33. The zero-order valence-electron chi connectivity index (χ0n) is 18.8. The fourth-order valence-electron chi connectivity index (χ4n) is 4.87. The number of carbonyl (C=O) groups is 1. The summed E-state index contributed by atoms with van der Waals surface area (Å²) < 4.78 is 12.0. The lowest BCUT2D eigenvalue weighted by molar-refractivity contribution is 0.00901. The van der Waals surface area contributed by atoms with Crippen molar-refractivity contribution in [2.24, 2.45) is 0 Å². The predicted octanol–water partition coefficient (Wildman–Crippen LogP) is 4.29. The zero-order valence-corrected chi connectivity index (χ0v) is 18.8. The van der Waals surface area contributed by atoms with Crippen molar-refractivity contribution in [1.29, 1.82) is 0 Å². The Morgan fingerprint density at radius 3 is 2.50 bits per heavy atom. The summed E-state index contributed by atoms with van der Waals surface area (Å²) in [6, 6.07) is 6.96. The molecule has 6 nitrogen and oxygen atoms in total. The number of ether oxygens (including phenoxy) is 2. The van der Waals surface area contributed by atoms with Crippen LogP contribution in [0, 0.1) is 0 Å². The van der Waals surface area contributed by atoms with E-state index in [0.717, 1.165) is 70.6 Å². The highest BCUT2D eigenvalue weighted by atomic mass is 16.6. The van der Waals surface area contributed by atoms with E-state index in [1.54, 1.807) is 0 Å². The van der Waals surface area contributed by atoms with Crippen molar-refractivity contribution < 1.29 is 14.3 Å². The minimum atomic E-state index is -0.427. The molecule has 1 aromatic rings. The first-order valence-corrected chi connectivity index (χ1v) is 11.6. The second-order valence-electron chi connectivity index (χ2n) is 9.86. The van der Waals surface area contributed by atoms with E-state index in [-0.39, 0.29) is 6.09 Å². The van der Waals surface area contributed by atoms with E-state index < -0.39 is 5.60 Å². The third kappa shape index (κ3) is 5.20. The maximum atomic E-state index is 12.3. The van der Waals surface area contributed by atoms with Crippen LogP contribution in [0.25, 0.3) is 0 Å². The van der Waals surface area contributed by atoms with Gasteiger partial charge in [-0.05, 0) is 71.4 Å². The number of fused-ring (bicyclic) bond motifs is 1. The molecule has 1 amide bonds. The molecule has 3 aliphatic heterocycles. The van der Waals surface area contributed by atoms with Crippen LogP contribution in [0.4, 0.5) is 10.5 Å². The first-order chi connectivity index (χ1) is 14.4. The maximum absolute atomic E-state index is 12.3. The smallest absolute Gasteiger partial charge is 0.410 e. The van der Waals surface area contributed by atoms with E-state index in [4.69, 9.17) is 9.47 Å². The first-order valence-electron chi connectivity index (χ1n) is 11.6. The van der Waals surface area contributed by atoms with Gasteiger partial charge in [-0.25, -0.2) is 4.79 Å². The van der Waals surface area contributed by atoms with Gasteiger partial charge < -0.3 is 19.7 Å². The SMILES string of the molecule is CC(C)(C)OC(=O)N1CCC(N2CCC(Oc3cccc4c3CCCN4)CC2)CC1. The number of hydrogen-bond donors (Lipinski definition) is 1. The van der Waals surface area contributed by atoms with E-state index in [0.29, 0.717) is 12.1 Å². The van der Waals surface area contributed by atoms with Crippen molar-refractivity contribution in [2.75, 3.05) is 38.0 Å². The second-order valence-corrected chi connectivity index (χ2v) is 9.86. The van der Waals surface area contributed by atoms with E-state index >= 15 is 0 Å². The fourth-order valence-corrected chi connectivity index (χ4v) is 4.87. The molecule has 3 heterocycles. The Morgan fingerprint density at radius 2 is 1.80 bits per heavy atom. The third-order valence-electron chi connectivity index (χ3n) is 6.45. The van der Waals surface area contributed by atoms with Crippen molar-refractivity contribution in [3.63, 3.8) is 0 Å². The molecule has 0 unspecified atom stereocenters. The topological polar surface area (TPSA) is 54.0 Å². The van der Waals surface area contributed by atoms with Crippen LogP contribution in [0.5, 0.6) is 5.75 Å². The molecule has 0 spiro atoms. The summed E-state index contributed by atoms with van der Waals surface area (Å²) in [6.45, 7) is 10.6. The molecule has 1 aromatic carbocycles. The molecule has 0 bridgehead atoms. The lowest BCUT2D eigenvalue weighted by atomic mass is 9.98. The van der Waals surface area contributed by atoms with Crippen LogP contribution < -0.4 is 10.1 Å². The summed E-state index contributed by atoms with van der Waals surface area (Å²) >= 11 is 0. The first kappa shape index (κ1) is 21.3. The molecule has 0 saturated carbocycles. The number of hydrogen-bond acceptors (Lipinski definition) is 5. The fraction of sp³-hybridized carbons (Fsp3) is 0.708. The number of amides is 1. The molecule has 6 heteroatoms. The minimum Gasteiger partial charge on any atom is -0.490 e. The number of nitrogens with zero attached hydrogens (tertiary/aromatic N) is 2. The summed E-state index contributed by atoms with van der Waals surface area (Å²) in [5, 5.41) is 3.49. The number of piperidine rings is 2. The summed E-state index contributed by atoms with van der Waals surface area (Å²) in [6.07, 6.45) is 6.62. The van der Waals surface area contributed by atoms with Gasteiger partial charge >= 0.3 is 6.09 Å². The lowest BCUT2D eigenvalue weighted by Crippen LogP contribution is -2.50. The molecule has 0 aliphatic carbocycles. The molecule has 2 saturated heterocycles. The van der Waals surface area contributed by atoms with E-state index in [1.807, 2.05) is 25.7 Å². The number of carbonyl (C=O) groups excluding carboxylic acids is 1. The van der Waals surface area contributed by atoms with Crippen LogP contribution in [-0.4, -0.2) is 66.4 Å². The number of benzene rings is 1. The van der Waals surface area contributed by atoms with E-state index in [2.05, 4.69) is 28.4 Å². The Labute approximate surface area is 180 Å². The summed E-state index contributed by atoms with van der Waals surface area (Å²) in [4.78, 5) is 16.8. The van der Waals surface area contributed by atoms with Crippen molar-refractivity contribution in [3.8, 4) is 5.75 Å². The number of anilines is 1. The minimum absolute atomic E-state index is 0.172. The quantitative estimate of drug-likeness (QED) is 0.798. The van der Waals surface area contributed by atoms with Crippen LogP contribution in [-0.2, 0) is 11.2 Å². The molecule has 0 aromatic heterocycles. The predicted molar refractivity (Wildman–Crippen MR) is 119 cm³/mol. The third-order valence-corrected chi connectivity index (χ3v) is 6.45. The van der Waals surface area contributed by atoms with Crippen LogP contribution >= 0.6 is 0 Å². The highest BCUT2D eigenvalue weighted by molar-refractivity contribution is 5.68. The Kier molecular flexibility index (Phi) is 6.42. The standard InChI is InChI=1S/C24H37N3O3/c1-24(2,3)30-23(28)27-14-9-18(10-15-27)26-16-11-19(12-17-26)29-22-8-4-7-21-20(22)6-5-13-25-21/h4,7-8,18-19,25H,5-6,9-17H2,1-3H3. The Morgan fingerprint density at radius 1 is 1.07 bits per heavy atom. The molecular weight excluding hydrogens is 378 g/mol. The Hall–Kier alpha value is -1.95. The van der Waals surface area contributed by atoms with Gasteiger partial charge in [0.05, 0.1) is 0 Å². The monoisotopic (exact) mass is 415 g/mol. The van der Waals surface area contributed by atoms with Gasteiger partial charge in [0.15, 0.2) is 0 Å². The van der Waals surface area contributed by atoms with Gasteiger partial charge in [-0.2, -0.15) is 0 Å². The van der Waals surface area contributed by atoms with Crippen molar-refractivity contribution >= 4 is 11.8 Å². The molecule has 166 valence electrons. The zero-order chi connectivity index (χ0) is 21.1. The normalized spacial score (nSPS) is 21.6. The van der Waals surface area contributed by atoms with Crippen LogP contribution in [0.3, 0.4) is 0 Å². The van der Waals surface area contributed by atoms with Crippen LogP contribution in [0.15, 0.2) is 18.2 Å². The number of rotatable bonds is 3. The molecule has 0 atom stereocenters. The molecule has 4 rings (SSSR count). The summed E-state index contributed by atoms with van der Waals surface area (Å²) in [5.41, 5.74) is 2.16. The average molecular weight is 416 g/mol. The number of nitrogens with one attached hydrogen (secondary N) is 1. The van der Waals surface area contributed by atoms with E-state index in [1.165, 1.54) is 17.7 Å². The van der Waals surface area contributed by atoms with Gasteiger partial charge in [0.1, 0.15) is 17.5 Å². The Balaban J connectivity index is 1.24. The van der Waals surface area contributed by atoms with Crippen LogP contribution in [0.2, 0.25) is 0 Å². The molecule has 3 aliphatic rings. The van der Waals surface area contributed by atoms with Crippen molar-refractivity contribution in [2.45, 2.75) is 77.0 Å². The average Bonchev–Trinajstić information content (AvgIpc) is 2.73. The van der Waals surface area contributed by atoms with Gasteiger partial charge in [-0.3, -0.25) is 4.90 Å². The van der Waals surface area contributed by atoms with Gasteiger partial charge in [0.25, 0.3) is 0 Å².